The number of alkyl halides is 2. The van der Waals surface area contributed by atoms with Crippen LogP contribution < -0.4 is 4.74 Å². The molecule has 1 aromatic carbocycles. The minimum atomic E-state index is -0.348. The number of carbonyl (C=O) groups excluding carboxylic acids is 1. The molecule has 0 spiro atoms. The first-order valence-corrected chi connectivity index (χ1v) is 6.77. The first kappa shape index (κ1) is 12.5. The Morgan fingerprint density at radius 3 is 2.71 bits per heavy atom. The van der Waals surface area contributed by atoms with Gasteiger partial charge in [0.2, 0.25) is 0 Å². The lowest BCUT2D eigenvalue weighted by atomic mass is 10.2. The molecule has 2 rings (SSSR count). The van der Waals surface area contributed by atoms with Crippen molar-refractivity contribution in [2.45, 2.75) is 10.7 Å². The Morgan fingerprint density at radius 2 is 2.06 bits per heavy atom. The highest BCUT2D eigenvalue weighted by molar-refractivity contribution is 9.24. The monoisotopic (exact) mass is 357 g/mol. The van der Waals surface area contributed by atoms with Crippen LogP contribution in [0.25, 0.3) is 10.9 Å². The fraction of sp³-hybridized carbons (Fsp3) is 0.167. The Hall–Kier alpha value is -0.940. The van der Waals surface area contributed by atoms with Crippen molar-refractivity contribution in [1.29, 1.82) is 0 Å². The van der Waals surface area contributed by atoms with Gasteiger partial charge in [-0.15, -0.1) is 0 Å². The number of para-hydroxylation sites is 1. The third-order valence-electron chi connectivity index (χ3n) is 2.18. The van der Waals surface area contributed by atoms with E-state index in [1.807, 2.05) is 24.3 Å². The van der Waals surface area contributed by atoms with Crippen molar-refractivity contribution >= 4 is 48.7 Å². The van der Waals surface area contributed by atoms with Gasteiger partial charge in [0.05, 0.1) is 5.69 Å². The predicted octanol–water partition coefficient (Wildman–Crippen LogP) is 3.95. The van der Waals surface area contributed by atoms with Crippen LogP contribution in [0.2, 0.25) is 0 Å². The zero-order valence-electron chi connectivity index (χ0n) is 8.98. The highest BCUT2D eigenvalue weighted by Gasteiger charge is 2.09. The molecule has 0 saturated carbocycles. The number of esters is 1. The van der Waals surface area contributed by atoms with E-state index in [0.29, 0.717) is 11.3 Å². The van der Waals surface area contributed by atoms with Crippen molar-refractivity contribution < 1.29 is 9.53 Å². The number of fused-ring (bicyclic) bond motifs is 1. The third-order valence-corrected chi connectivity index (χ3v) is 3.12. The summed E-state index contributed by atoms with van der Waals surface area (Å²) in [5, 5.41) is 0.938. The molecule has 5 heteroatoms. The summed E-state index contributed by atoms with van der Waals surface area (Å²) in [4.78, 5) is 15.5. The summed E-state index contributed by atoms with van der Waals surface area (Å²) in [6.07, 6.45) is 0. The second-order valence-electron chi connectivity index (χ2n) is 3.46. The van der Waals surface area contributed by atoms with Gasteiger partial charge in [-0.2, -0.15) is 0 Å². The number of carbonyl (C=O) groups is 1. The van der Waals surface area contributed by atoms with Gasteiger partial charge in [-0.25, -0.2) is 4.98 Å². The summed E-state index contributed by atoms with van der Waals surface area (Å²) in [5.41, 5.74) is 1.52. The average Bonchev–Trinajstić information content (AvgIpc) is 2.28. The van der Waals surface area contributed by atoms with Gasteiger partial charge in [-0.3, -0.25) is 4.79 Å². The zero-order valence-corrected chi connectivity index (χ0v) is 12.2. The molecule has 88 valence electrons. The summed E-state index contributed by atoms with van der Waals surface area (Å²) < 4.78 is 5.11. The number of rotatable bonds is 2. The molecule has 0 fully saturated rings. The lowest BCUT2D eigenvalue weighted by Gasteiger charge is -2.07. The van der Waals surface area contributed by atoms with Crippen LogP contribution in [0, 0.1) is 0 Å². The molecule has 0 saturated heterocycles. The normalized spacial score (nSPS) is 10.8. The van der Waals surface area contributed by atoms with Gasteiger partial charge in [-0.05, 0) is 12.1 Å². The molecule has 17 heavy (non-hydrogen) atoms. The summed E-state index contributed by atoms with van der Waals surface area (Å²) >= 11 is 6.78. The number of ether oxygens (including phenoxy) is 1. The number of hydrogen-bond acceptors (Lipinski definition) is 3. The largest absolute Gasteiger partial charge is 0.424 e. The van der Waals surface area contributed by atoms with Crippen molar-refractivity contribution in [3.05, 3.63) is 36.0 Å². The molecule has 0 aliphatic heterocycles. The maximum atomic E-state index is 11.0. The van der Waals surface area contributed by atoms with Crippen molar-refractivity contribution in [2.75, 3.05) is 0 Å². The topological polar surface area (TPSA) is 39.2 Å². The number of nitrogens with zero attached hydrogens (tertiary/aromatic N) is 1. The van der Waals surface area contributed by atoms with Gasteiger partial charge in [-0.1, -0.05) is 50.1 Å². The lowest BCUT2D eigenvalue weighted by molar-refractivity contribution is -0.131. The zero-order chi connectivity index (χ0) is 12.4. The van der Waals surface area contributed by atoms with Crippen LogP contribution in [-0.4, -0.2) is 11.0 Å². The SMILES string of the molecule is CC(=O)Oc1cccc2ccc(C(Br)Br)nc12. The van der Waals surface area contributed by atoms with Crippen LogP contribution in [0.1, 0.15) is 16.4 Å². The lowest BCUT2D eigenvalue weighted by Crippen LogP contribution is -2.02. The minimum Gasteiger partial charge on any atom is -0.424 e. The molecule has 3 nitrogen and oxygen atoms in total. The quantitative estimate of drug-likeness (QED) is 0.463. The third kappa shape index (κ3) is 2.84. The van der Waals surface area contributed by atoms with Crippen LogP contribution >= 0.6 is 31.9 Å². The predicted molar refractivity (Wildman–Crippen MR) is 73.6 cm³/mol. The van der Waals surface area contributed by atoms with E-state index in [9.17, 15) is 4.79 Å². The fourth-order valence-electron chi connectivity index (χ4n) is 1.49. The van der Waals surface area contributed by atoms with Gasteiger partial charge in [0.25, 0.3) is 0 Å². The van der Waals surface area contributed by atoms with Crippen LogP contribution in [0.15, 0.2) is 30.3 Å². The van der Waals surface area contributed by atoms with E-state index in [-0.39, 0.29) is 9.71 Å². The minimum absolute atomic E-state index is 0.0233. The van der Waals surface area contributed by atoms with E-state index in [2.05, 4.69) is 36.8 Å². The van der Waals surface area contributed by atoms with E-state index in [1.165, 1.54) is 6.92 Å². The molecule has 1 heterocycles. The van der Waals surface area contributed by atoms with E-state index in [1.54, 1.807) is 6.07 Å². The fourth-order valence-corrected chi connectivity index (χ4v) is 2.00. The standard InChI is InChI=1S/C12H9Br2NO2/c1-7(16)17-10-4-2-3-8-5-6-9(12(13)14)15-11(8)10/h2-6,12H,1H3. The number of benzene rings is 1. The van der Waals surface area contributed by atoms with Gasteiger partial charge in [0.1, 0.15) is 9.25 Å². The number of aromatic nitrogens is 1. The van der Waals surface area contributed by atoms with E-state index in [0.717, 1.165) is 11.1 Å². The summed E-state index contributed by atoms with van der Waals surface area (Å²) in [7, 11) is 0. The van der Waals surface area contributed by atoms with Gasteiger partial charge < -0.3 is 4.74 Å². The highest BCUT2D eigenvalue weighted by atomic mass is 79.9. The number of pyridine rings is 1. The molecule has 0 bridgehead atoms. The smallest absolute Gasteiger partial charge is 0.308 e. The van der Waals surface area contributed by atoms with Crippen LogP contribution in [0.3, 0.4) is 0 Å². The highest BCUT2D eigenvalue weighted by Crippen LogP contribution is 2.31. The summed E-state index contributed by atoms with van der Waals surface area (Å²) in [5.74, 6) is 0.136. The summed E-state index contributed by atoms with van der Waals surface area (Å²) in [6.45, 7) is 1.38. The van der Waals surface area contributed by atoms with Gasteiger partial charge in [0, 0.05) is 12.3 Å². The first-order valence-electron chi connectivity index (χ1n) is 4.94. The number of hydrogen-bond donors (Lipinski definition) is 0. The molecule has 0 radical (unpaired) electrons. The molecule has 1 aromatic heterocycles. The van der Waals surface area contributed by atoms with Crippen molar-refractivity contribution in [1.82, 2.24) is 4.98 Å². The molecule has 0 unspecified atom stereocenters. The Kier molecular flexibility index (Phi) is 3.79. The van der Waals surface area contributed by atoms with Gasteiger partial charge in [0.15, 0.2) is 5.75 Å². The molecule has 0 aliphatic carbocycles. The average molecular weight is 359 g/mol. The Morgan fingerprint density at radius 1 is 1.29 bits per heavy atom. The van der Waals surface area contributed by atoms with Crippen molar-refractivity contribution in [2.24, 2.45) is 0 Å². The maximum Gasteiger partial charge on any atom is 0.308 e. The first-order chi connectivity index (χ1) is 8.08. The Labute approximate surface area is 115 Å². The number of halogens is 2. The molecule has 0 amide bonds. The van der Waals surface area contributed by atoms with Crippen molar-refractivity contribution in [3.8, 4) is 5.75 Å². The van der Waals surface area contributed by atoms with E-state index >= 15 is 0 Å². The second kappa shape index (κ2) is 5.14. The molecule has 0 N–H and O–H groups in total. The van der Waals surface area contributed by atoms with Crippen LogP contribution in [0.4, 0.5) is 0 Å². The molecule has 2 aromatic rings. The molecular formula is C12H9Br2NO2. The molecular weight excluding hydrogens is 350 g/mol. The van der Waals surface area contributed by atoms with E-state index in [4.69, 9.17) is 4.74 Å². The van der Waals surface area contributed by atoms with Crippen molar-refractivity contribution in [3.63, 3.8) is 0 Å². The summed E-state index contributed by atoms with van der Waals surface area (Å²) in [6, 6.07) is 9.35. The molecule has 0 aliphatic rings. The van der Waals surface area contributed by atoms with Crippen LogP contribution in [-0.2, 0) is 4.79 Å². The van der Waals surface area contributed by atoms with Crippen LogP contribution in [0.5, 0.6) is 5.75 Å². The van der Waals surface area contributed by atoms with E-state index < -0.39 is 0 Å². The Balaban J connectivity index is 2.59. The second-order valence-corrected chi connectivity index (χ2v) is 6.52. The maximum absolute atomic E-state index is 11.0. The van der Waals surface area contributed by atoms with Gasteiger partial charge >= 0.3 is 5.97 Å². The Bertz CT molecular complexity index is 569. The molecule has 0 atom stereocenters.